The van der Waals surface area contributed by atoms with E-state index >= 15 is 0 Å². The van der Waals surface area contributed by atoms with Gasteiger partial charge in [-0.25, -0.2) is 4.98 Å². The van der Waals surface area contributed by atoms with Gasteiger partial charge < -0.3 is 10.6 Å². The Kier molecular flexibility index (Phi) is 2.73. The molecule has 15 heavy (non-hydrogen) atoms. The average molecular weight is 208 g/mol. The van der Waals surface area contributed by atoms with Crippen LogP contribution in [0.5, 0.6) is 0 Å². The zero-order valence-electron chi connectivity index (χ0n) is 8.86. The van der Waals surface area contributed by atoms with Gasteiger partial charge in [-0.3, -0.25) is 9.78 Å². The minimum absolute atomic E-state index is 0.0858. The number of rotatable bonds is 2. The van der Waals surface area contributed by atoms with Gasteiger partial charge in [0, 0.05) is 30.9 Å². The Balaban J connectivity index is 2.28. The average Bonchev–Trinajstić information content (AvgIpc) is 2.64. The minimum atomic E-state index is -0.0858. The van der Waals surface area contributed by atoms with Crippen molar-refractivity contribution in [1.82, 2.24) is 9.97 Å². The van der Waals surface area contributed by atoms with E-state index in [1.54, 1.807) is 6.07 Å². The van der Waals surface area contributed by atoms with Gasteiger partial charge in [0.1, 0.15) is 0 Å². The summed E-state index contributed by atoms with van der Waals surface area (Å²) in [5, 5.41) is 0. The first-order valence-corrected chi connectivity index (χ1v) is 5.30. The molecule has 1 saturated heterocycles. The van der Waals surface area contributed by atoms with E-state index in [2.05, 4.69) is 9.97 Å². The maximum Gasteiger partial charge on any atom is 0.252 e. The molecule has 1 aliphatic rings. The Bertz CT molecular complexity index is 401. The van der Waals surface area contributed by atoms with Crippen LogP contribution in [0.3, 0.4) is 0 Å². The third kappa shape index (κ3) is 2.18. The second-order valence-corrected chi connectivity index (χ2v) is 3.91. The Morgan fingerprint density at radius 2 is 2.53 bits per heavy atom. The first-order chi connectivity index (χ1) is 7.19. The van der Waals surface area contributed by atoms with Crippen LogP contribution in [0.2, 0.25) is 0 Å². The summed E-state index contributed by atoms with van der Waals surface area (Å²) in [6, 6.07) is 1.74. The predicted molar refractivity (Wildman–Crippen MR) is 59.0 cm³/mol. The second kappa shape index (κ2) is 4.02. The third-order valence-electron chi connectivity index (χ3n) is 2.67. The Hall–Kier alpha value is -1.36. The molecule has 1 aromatic rings. The zero-order chi connectivity index (χ0) is 10.8. The molecule has 2 heterocycles. The molecule has 0 aliphatic carbocycles. The number of nitrogens with zero attached hydrogens (tertiary/aromatic N) is 2. The Morgan fingerprint density at radius 1 is 1.73 bits per heavy atom. The van der Waals surface area contributed by atoms with Gasteiger partial charge in [-0.1, -0.05) is 6.92 Å². The lowest BCUT2D eigenvalue weighted by atomic mass is 10.3. The third-order valence-corrected chi connectivity index (χ3v) is 2.67. The van der Waals surface area contributed by atoms with Crippen LogP contribution >= 0.6 is 0 Å². The molecule has 0 saturated carbocycles. The fourth-order valence-electron chi connectivity index (χ4n) is 1.80. The maximum atomic E-state index is 11.4. The summed E-state index contributed by atoms with van der Waals surface area (Å²) in [6.45, 7) is 3.63. The van der Waals surface area contributed by atoms with Crippen LogP contribution in [0.25, 0.3) is 0 Å². The first-order valence-electron chi connectivity index (χ1n) is 5.30. The SMILES string of the molecule is CCc1cc(=O)[nH]c(N2CCC(N)C2)n1. The summed E-state index contributed by atoms with van der Waals surface area (Å²) in [6.07, 6.45) is 1.73. The fraction of sp³-hybridized carbons (Fsp3) is 0.600. The Morgan fingerprint density at radius 3 is 3.13 bits per heavy atom. The van der Waals surface area contributed by atoms with Crippen molar-refractivity contribution in [3.63, 3.8) is 0 Å². The van der Waals surface area contributed by atoms with Gasteiger partial charge in [-0.2, -0.15) is 0 Å². The number of anilines is 1. The van der Waals surface area contributed by atoms with E-state index < -0.39 is 0 Å². The summed E-state index contributed by atoms with van der Waals surface area (Å²) in [5.41, 5.74) is 6.55. The van der Waals surface area contributed by atoms with E-state index in [1.165, 1.54) is 0 Å². The highest BCUT2D eigenvalue weighted by molar-refractivity contribution is 5.32. The van der Waals surface area contributed by atoms with Crippen LogP contribution in [0.15, 0.2) is 10.9 Å². The van der Waals surface area contributed by atoms with Crippen LogP contribution in [0.1, 0.15) is 19.0 Å². The number of nitrogens with two attached hydrogens (primary N) is 1. The molecule has 3 N–H and O–H groups in total. The molecule has 1 fully saturated rings. The molecule has 5 nitrogen and oxygen atoms in total. The molecule has 1 aromatic heterocycles. The first kappa shape index (κ1) is 10.2. The minimum Gasteiger partial charge on any atom is -0.341 e. The highest BCUT2D eigenvalue weighted by Gasteiger charge is 2.21. The molecule has 0 aromatic carbocycles. The van der Waals surface area contributed by atoms with Gasteiger partial charge in [0.05, 0.1) is 0 Å². The lowest BCUT2D eigenvalue weighted by molar-refractivity contribution is 0.749. The summed E-state index contributed by atoms with van der Waals surface area (Å²) >= 11 is 0. The molecule has 1 aliphatic heterocycles. The van der Waals surface area contributed by atoms with Crippen molar-refractivity contribution >= 4 is 5.95 Å². The highest BCUT2D eigenvalue weighted by Crippen LogP contribution is 2.13. The molecule has 2 rings (SSSR count). The summed E-state index contributed by atoms with van der Waals surface area (Å²) in [5.74, 6) is 0.660. The van der Waals surface area contributed by atoms with Crippen molar-refractivity contribution in [1.29, 1.82) is 0 Å². The molecule has 0 bridgehead atoms. The topological polar surface area (TPSA) is 75.0 Å². The van der Waals surface area contributed by atoms with E-state index in [1.807, 2.05) is 11.8 Å². The molecule has 82 valence electrons. The molecule has 1 atom stereocenters. The molecule has 0 radical (unpaired) electrons. The molecule has 1 unspecified atom stereocenters. The summed E-state index contributed by atoms with van der Waals surface area (Å²) in [4.78, 5) is 20.5. The predicted octanol–water partition coefficient (Wildman–Crippen LogP) is -0.130. The Labute approximate surface area is 88.3 Å². The summed E-state index contributed by atoms with van der Waals surface area (Å²) < 4.78 is 0. The van der Waals surface area contributed by atoms with Crippen molar-refractivity contribution in [3.8, 4) is 0 Å². The van der Waals surface area contributed by atoms with E-state index in [4.69, 9.17) is 5.73 Å². The number of nitrogens with one attached hydrogen (secondary N) is 1. The molecular formula is C10H16N4O. The van der Waals surface area contributed by atoms with Crippen molar-refractivity contribution in [2.75, 3.05) is 18.0 Å². The number of hydrogen-bond acceptors (Lipinski definition) is 4. The lowest BCUT2D eigenvalue weighted by Crippen LogP contribution is -2.29. The number of hydrogen-bond donors (Lipinski definition) is 2. The van der Waals surface area contributed by atoms with E-state index in [-0.39, 0.29) is 11.6 Å². The van der Waals surface area contributed by atoms with Crippen LogP contribution in [0.4, 0.5) is 5.95 Å². The van der Waals surface area contributed by atoms with Gasteiger partial charge in [0.2, 0.25) is 5.95 Å². The van der Waals surface area contributed by atoms with Crippen molar-refractivity contribution < 1.29 is 0 Å². The van der Waals surface area contributed by atoms with Crippen LogP contribution < -0.4 is 16.2 Å². The number of aromatic amines is 1. The number of H-pyrrole nitrogens is 1. The number of aryl methyl sites for hydroxylation is 1. The van der Waals surface area contributed by atoms with E-state index in [0.717, 1.165) is 31.6 Å². The van der Waals surface area contributed by atoms with Crippen molar-refractivity contribution in [3.05, 3.63) is 22.1 Å². The largest absolute Gasteiger partial charge is 0.341 e. The quantitative estimate of drug-likeness (QED) is 0.710. The molecule has 0 amide bonds. The van der Waals surface area contributed by atoms with Crippen molar-refractivity contribution in [2.45, 2.75) is 25.8 Å². The van der Waals surface area contributed by atoms with Crippen molar-refractivity contribution in [2.24, 2.45) is 5.73 Å². The smallest absolute Gasteiger partial charge is 0.252 e. The normalized spacial score (nSPS) is 20.9. The maximum absolute atomic E-state index is 11.4. The molecule has 0 spiro atoms. The van der Waals surface area contributed by atoms with Gasteiger partial charge in [0.25, 0.3) is 5.56 Å². The summed E-state index contributed by atoms with van der Waals surface area (Å²) in [7, 11) is 0. The zero-order valence-corrected chi connectivity index (χ0v) is 8.86. The van der Waals surface area contributed by atoms with Gasteiger partial charge >= 0.3 is 0 Å². The highest BCUT2D eigenvalue weighted by atomic mass is 16.1. The van der Waals surface area contributed by atoms with Gasteiger partial charge in [0.15, 0.2) is 0 Å². The van der Waals surface area contributed by atoms with Crippen LogP contribution in [0, 0.1) is 0 Å². The standard InChI is InChI=1S/C10H16N4O/c1-2-8-5-9(15)13-10(12-8)14-4-3-7(11)6-14/h5,7H,2-4,6,11H2,1H3,(H,12,13,15). The molecular weight excluding hydrogens is 192 g/mol. The van der Waals surface area contributed by atoms with E-state index in [9.17, 15) is 4.79 Å². The number of aromatic nitrogens is 2. The van der Waals surface area contributed by atoms with Gasteiger partial charge in [-0.05, 0) is 12.8 Å². The monoisotopic (exact) mass is 208 g/mol. The lowest BCUT2D eigenvalue weighted by Gasteiger charge is -2.16. The van der Waals surface area contributed by atoms with Crippen LogP contribution in [-0.4, -0.2) is 29.1 Å². The second-order valence-electron chi connectivity index (χ2n) is 3.91. The fourth-order valence-corrected chi connectivity index (χ4v) is 1.80. The molecule has 5 heteroatoms. The van der Waals surface area contributed by atoms with E-state index in [0.29, 0.717) is 5.95 Å². The van der Waals surface area contributed by atoms with Gasteiger partial charge in [-0.15, -0.1) is 0 Å². The van der Waals surface area contributed by atoms with Crippen LogP contribution in [-0.2, 0) is 6.42 Å².